The summed E-state index contributed by atoms with van der Waals surface area (Å²) in [5.41, 5.74) is -2.97. The van der Waals surface area contributed by atoms with Crippen LogP contribution in [0, 0.1) is 33.5 Å². The second kappa shape index (κ2) is 8.18. The van der Waals surface area contributed by atoms with E-state index in [9.17, 15) is 28.8 Å². The van der Waals surface area contributed by atoms with Crippen molar-refractivity contribution in [3.8, 4) is 0 Å². The number of fused-ring (bicyclic) bond motifs is 2. The highest BCUT2D eigenvalue weighted by molar-refractivity contribution is 6.49. The summed E-state index contributed by atoms with van der Waals surface area (Å²) < 4.78 is 0. The number of Topliss-reactive ketones (excluding diaryl/α,β-unsaturated/α-hetero) is 4. The zero-order chi connectivity index (χ0) is 26.8. The molecule has 4 atom stereocenters. The van der Waals surface area contributed by atoms with Crippen LogP contribution in [-0.4, -0.2) is 34.9 Å². The fourth-order valence-electron chi connectivity index (χ4n) is 6.31. The lowest BCUT2D eigenvalue weighted by molar-refractivity contribution is -0.152. The number of carbonyl (C=O) groups excluding carboxylic acids is 6. The number of rotatable bonds is 5. The minimum absolute atomic E-state index is 0.00135. The molecule has 2 bridgehead atoms. The van der Waals surface area contributed by atoms with Gasteiger partial charge in [-0.3, -0.25) is 28.8 Å². The Hall–Kier alpha value is -3.16. The van der Waals surface area contributed by atoms with Crippen LogP contribution in [0.15, 0.2) is 24.3 Å². The zero-order valence-corrected chi connectivity index (χ0v) is 21.7. The van der Waals surface area contributed by atoms with E-state index in [1.54, 1.807) is 38.1 Å². The van der Waals surface area contributed by atoms with Crippen LogP contribution in [0.5, 0.6) is 0 Å². The summed E-state index contributed by atoms with van der Waals surface area (Å²) in [5.74, 6) is -4.29. The first-order chi connectivity index (χ1) is 16.6. The quantitative estimate of drug-likeness (QED) is 0.474. The van der Waals surface area contributed by atoms with Gasteiger partial charge in [0.1, 0.15) is 11.3 Å². The largest absolute Gasteiger partial charge is 0.325 e. The van der Waals surface area contributed by atoms with Gasteiger partial charge in [-0.05, 0) is 61.3 Å². The molecule has 36 heavy (non-hydrogen) atoms. The van der Waals surface area contributed by atoms with E-state index in [0.717, 1.165) is 0 Å². The van der Waals surface area contributed by atoms with Crippen LogP contribution in [0.3, 0.4) is 0 Å². The third-order valence-electron chi connectivity index (χ3n) is 9.94. The van der Waals surface area contributed by atoms with Crippen molar-refractivity contribution < 1.29 is 28.8 Å². The van der Waals surface area contributed by atoms with Crippen molar-refractivity contribution in [2.45, 2.75) is 67.2 Å². The zero-order valence-electron chi connectivity index (χ0n) is 21.7. The molecule has 2 N–H and O–H groups in total. The number of anilines is 2. The molecule has 1 aromatic rings. The molecule has 0 heterocycles. The summed E-state index contributed by atoms with van der Waals surface area (Å²) in [7, 11) is 0. The van der Waals surface area contributed by atoms with Crippen molar-refractivity contribution in [2.75, 3.05) is 10.6 Å². The van der Waals surface area contributed by atoms with Gasteiger partial charge in [-0.1, -0.05) is 41.5 Å². The molecular weight excluding hydrogens is 460 g/mol. The lowest BCUT2D eigenvalue weighted by Gasteiger charge is -2.37. The summed E-state index contributed by atoms with van der Waals surface area (Å²) in [6.07, 6.45) is 1.59. The molecule has 0 aromatic heterocycles. The summed E-state index contributed by atoms with van der Waals surface area (Å²) in [6, 6.07) is 6.31. The fourth-order valence-corrected chi connectivity index (χ4v) is 6.31. The number of hydrogen-bond donors (Lipinski definition) is 2. The van der Waals surface area contributed by atoms with Crippen molar-refractivity contribution in [3.63, 3.8) is 0 Å². The lowest BCUT2D eigenvalue weighted by Crippen LogP contribution is -2.48. The average Bonchev–Trinajstić information content (AvgIpc) is 3.09. The molecule has 3 fully saturated rings. The van der Waals surface area contributed by atoms with Crippen LogP contribution >= 0.6 is 0 Å². The average molecular weight is 495 g/mol. The van der Waals surface area contributed by atoms with Gasteiger partial charge in [0.15, 0.2) is 0 Å². The number of amides is 2. The summed E-state index contributed by atoms with van der Waals surface area (Å²) >= 11 is 0. The topological polar surface area (TPSA) is 126 Å². The van der Waals surface area contributed by atoms with Crippen LogP contribution in [-0.2, 0) is 28.8 Å². The first-order valence-electron chi connectivity index (χ1n) is 12.5. The Bertz CT molecular complexity index is 1200. The normalized spacial score (nSPS) is 33.2. The number of hydrogen-bond acceptors (Lipinski definition) is 6. The van der Waals surface area contributed by atoms with E-state index in [-0.39, 0.29) is 5.92 Å². The molecule has 0 spiro atoms. The molecular formula is C28H34N2O6. The van der Waals surface area contributed by atoms with Crippen LogP contribution < -0.4 is 10.6 Å². The standard InChI is InChI=1S/C28H34N2O6/c1-15(2)26(5)12-11-18(19(31)20(26)32)23(35)29-16-7-9-17(10-8-16)30-24(36)28-14-13-27(6,25(28,3)4)21(33)22(28)34/h7-10,15,18H,11-14H2,1-6H3,(H,29,35)(H,30,36)/t18-,26-,27-,28+/m0/s1. The van der Waals surface area contributed by atoms with Crippen molar-refractivity contribution in [3.05, 3.63) is 24.3 Å². The maximum atomic E-state index is 13.3. The van der Waals surface area contributed by atoms with Gasteiger partial charge in [-0.15, -0.1) is 0 Å². The monoisotopic (exact) mass is 494 g/mol. The van der Waals surface area contributed by atoms with Crippen LogP contribution in [0.25, 0.3) is 0 Å². The molecule has 2 amide bonds. The first kappa shape index (κ1) is 25.9. The van der Waals surface area contributed by atoms with E-state index >= 15 is 0 Å². The predicted octanol–water partition coefficient (Wildman–Crippen LogP) is 3.74. The Morgan fingerprint density at radius 2 is 1.36 bits per heavy atom. The van der Waals surface area contributed by atoms with E-state index in [1.165, 1.54) is 0 Å². The van der Waals surface area contributed by atoms with E-state index in [1.807, 2.05) is 27.7 Å². The summed E-state index contributed by atoms with van der Waals surface area (Å²) in [5, 5.41) is 5.47. The highest BCUT2D eigenvalue weighted by Crippen LogP contribution is 2.69. The molecule has 8 nitrogen and oxygen atoms in total. The minimum atomic E-state index is -1.40. The Balaban J connectivity index is 1.44. The molecule has 0 unspecified atom stereocenters. The van der Waals surface area contributed by atoms with Crippen LogP contribution in [0.1, 0.15) is 67.2 Å². The predicted molar refractivity (Wildman–Crippen MR) is 133 cm³/mol. The second-order valence-corrected chi connectivity index (χ2v) is 11.9. The van der Waals surface area contributed by atoms with Gasteiger partial charge in [-0.2, -0.15) is 0 Å². The smallest absolute Gasteiger partial charge is 0.239 e. The van der Waals surface area contributed by atoms with Crippen molar-refractivity contribution in [1.29, 1.82) is 0 Å². The Morgan fingerprint density at radius 3 is 1.86 bits per heavy atom. The maximum absolute atomic E-state index is 13.3. The second-order valence-electron chi connectivity index (χ2n) is 11.9. The molecule has 3 saturated carbocycles. The van der Waals surface area contributed by atoms with E-state index in [0.29, 0.717) is 37.1 Å². The molecule has 3 aliphatic carbocycles. The van der Waals surface area contributed by atoms with Gasteiger partial charge >= 0.3 is 0 Å². The Morgan fingerprint density at radius 1 is 0.806 bits per heavy atom. The van der Waals surface area contributed by atoms with Crippen LogP contribution in [0.2, 0.25) is 0 Å². The fraction of sp³-hybridized carbons (Fsp3) is 0.571. The van der Waals surface area contributed by atoms with Crippen molar-refractivity contribution in [1.82, 2.24) is 0 Å². The first-order valence-corrected chi connectivity index (χ1v) is 12.5. The molecule has 0 aliphatic heterocycles. The van der Waals surface area contributed by atoms with Gasteiger partial charge in [0.05, 0.1) is 0 Å². The summed E-state index contributed by atoms with van der Waals surface area (Å²) in [6.45, 7) is 11.0. The summed E-state index contributed by atoms with van der Waals surface area (Å²) in [4.78, 5) is 76.9. The SMILES string of the molecule is CC(C)[C@]1(C)CC[C@H](C(=O)Nc2ccc(NC(=O)[C@@]34CC[C@@](C)(C(=O)C3=O)C4(C)C)cc2)C(=O)C1=O. The van der Waals surface area contributed by atoms with Crippen LogP contribution in [0.4, 0.5) is 11.4 Å². The molecule has 0 saturated heterocycles. The third kappa shape index (κ3) is 3.26. The lowest BCUT2D eigenvalue weighted by atomic mass is 9.64. The number of carbonyl (C=O) groups is 6. The van der Waals surface area contributed by atoms with E-state index in [4.69, 9.17) is 0 Å². The van der Waals surface area contributed by atoms with E-state index < -0.39 is 62.5 Å². The van der Waals surface area contributed by atoms with Gasteiger partial charge in [0.25, 0.3) is 0 Å². The molecule has 0 radical (unpaired) electrons. The minimum Gasteiger partial charge on any atom is -0.325 e. The maximum Gasteiger partial charge on any atom is 0.239 e. The number of benzene rings is 1. The Kier molecular flexibility index (Phi) is 5.89. The highest BCUT2D eigenvalue weighted by atomic mass is 16.2. The number of nitrogens with one attached hydrogen (secondary N) is 2. The van der Waals surface area contributed by atoms with Crippen molar-refractivity contribution in [2.24, 2.45) is 33.5 Å². The van der Waals surface area contributed by atoms with Gasteiger partial charge < -0.3 is 10.6 Å². The van der Waals surface area contributed by atoms with Crippen molar-refractivity contribution >= 4 is 46.3 Å². The molecule has 8 heteroatoms. The molecule has 4 rings (SSSR count). The molecule has 1 aromatic carbocycles. The highest BCUT2D eigenvalue weighted by Gasteiger charge is 2.77. The third-order valence-corrected chi connectivity index (χ3v) is 9.94. The molecule has 192 valence electrons. The Labute approximate surface area is 211 Å². The molecule has 3 aliphatic rings. The van der Waals surface area contributed by atoms with Gasteiger partial charge in [0.2, 0.25) is 34.9 Å². The number of ketones is 4. The van der Waals surface area contributed by atoms with E-state index in [2.05, 4.69) is 10.6 Å². The van der Waals surface area contributed by atoms with Gasteiger partial charge in [-0.25, -0.2) is 0 Å². The van der Waals surface area contributed by atoms with Gasteiger partial charge in [0, 0.05) is 22.2 Å².